The highest BCUT2D eigenvalue weighted by Crippen LogP contribution is 2.18. The van der Waals surface area contributed by atoms with Gasteiger partial charge < -0.3 is 14.6 Å². The Morgan fingerprint density at radius 3 is 2.58 bits per heavy atom. The normalized spacial score (nSPS) is 11.2. The number of rotatable bonds is 6. The number of fused-ring (bicyclic) bond motifs is 1. The fourth-order valence-electron chi connectivity index (χ4n) is 2.02. The van der Waals surface area contributed by atoms with Gasteiger partial charge in [-0.25, -0.2) is 13.8 Å². The summed E-state index contributed by atoms with van der Waals surface area (Å²) in [7, 11) is -1.26. The molecule has 2 rings (SSSR count). The summed E-state index contributed by atoms with van der Waals surface area (Å²) >= 11 is 0. The third kappa shape index (κ3) is 3.51. The zero-order valence-electron chi connectivity index (χ0n) is 10.4. The first-order chi connectivity index (χ1) is 9.08. The molecule has 2 N–H and O–H groups in total. The van der Waals surface area contributed by atoms with Crippen LogP contribution in [-0.4, -0.2) is 26.7 Å². The molecule has 2 aromatic rings. The van der Waals surface area contributed by atoms with Crippen molar-refractivity contribution in [3.8, 4) is 0 Å². The van der Waals surface area contributed by atoms with E-state index in [1.807, 2.05) is 0 Å². The average Bonchev–Trinajstić information content (AvgIpc) is 2.72. The third-order valence-corrected chi connectivity index (χ3v) is 3.02. The number of hydrogen-bond acceptors (Lipinski definition) is 3. The van der Waals surface area contributed by atoms with Crippen molar-refractivity contribution in [2.24, 2.45) is 0 Å². The molecule has 0 bridgehead atoms. The number of unbranched alkanes of at least 4 members (excludes halogenated alkanes) is 2. The molecule has 0 aliphatic rings. The van der Waals surface area contributed by atoms with Gasteiger partial charge in [0.15, 0.2) is 11.6 Å². The van der Waals surface area contributed by atoms with Gasteiger partial charge in [-0.3, -0.25) is 0 Å². The van der Waals surface area contributed by atoms with Crippen LogP contribution < -0.4 is 0 Å². The summed E-state index contributed by atoms with van der Waals surface area (Å²) in [5, 5.41) is 17.4. The second-order valence-electron chi connectivity index (χ2n) is 4.52. The van der Waals surface area contributed by atoms with Crippen molar-refractivity contribution in [1.29, 1.82) is 0 Å². The highest BCUT2D eigenvalue weighted by molar-refractivity contribution is 6.40. The highest BCUT2D eigenvalue weighted by atomic mass is 19.2. The van der Waals surface area contributed by atoms with Crippen LogP contribution in [0.25, 0.3) is 11.0 Å². The van der Waals surface area contributed by atoms with Crippen molar-refractivity contribution in [3.05, 3.63) is 30.1 Å². The first-order valence-electron chi connectivity index (χ1n) is 6.24. The maximum atomic E-state index is 13.2. The standard InChI is InChI=1S/C12H15BF2N2O2/c14-9-6-11-12(7-10(9)15)17(8-16-11)5-3-1-2-4-13(18)19/h6-8,18-19H,1-5H2. The number of nitrogens with zero attached hydrogens (tertiary/aromatic N) is 2. The summed E-state index contributed by atoms with van der Waals surface area (Å²) in [6.45, 7) is 0.642. The van der Waals surface area contributed by atoms with E-state index in [-0.39, 0.29) is 0 Å². The predicted molar refractivity (Wildman–Crippen MR) is 68.5 cm³/mol. The Kier molecular flexibility index (Phi) is 4.49. The SMILES string of the molecule is OB(O)CCCCCn1cnc2cc(F)c(F)cc21. The number of aromatic nitrogens is 2. The number of hydrogen-bond donors (Lipinski definition) is 2. The molecule has 0 saturated carbocycles. The van der Waals surface area contributed by atoms with E-state index in [4.69, 9.17) is 10.0 Å². The van der Waals surface area contributed by atoms with Crippen LogP contribution in [0.3, 0.4) is 0 Å². The van der Waals surface area contributed by atoms with Crippen molar-refractivity contribution in [2.45, 2.75) is 32.1 Å². The van der Waals surface area contributed by atoms with Crippen LogP contribution in [-0.2, 0) is 6.54 Å². The summed E-state index contributed by atoms with van der Waals surface area (Å²) in [6.07, 6.45) is 4.28. The molecule has 1 aromatic heterocycles. The minimum absolute atomic E-state index is 0.352. The molecule has 0 fully saturated rings. The Morgan fingerprint density at radius 1 is 1.11 bits per heavy atom. The van der Waals surface area contributed by atoms with Gasteiger partial charge in [0.25, 0.3) is 0 Å². The lowest BCUT2D eigenvalue weighted by molar-refractivity contribution is 0.401. The largest absolute Gasteiger partial charge is 0.451 e. The Balaban J connectivity index is 1.96. The molecule has 0 atom stereocenters. The van der Waals surface area contributed by atoms with Crippen LogP contribution >= 0.6 is 0 Å². The molecule has 4 nitrogen and oxygen atoms in total. The van der Waals surface area contributed by atoms with Gasteiger partial charge in [0.2, 0.25) is 0 Å². The van der Waals surface area contributed by atoms with Gasteiger partial charge in [0.05, 0.1) is 17.4 Å². The first kappa shape index (κ1) is 14.0. The van der Waals surface area contributed by atoms with Crippen LogP contribution in [0.2, 0.25) is 6.32 Å². The van der Waals surface area contributed by atoms with Gasteiger partial charge in [-0.15, -0.1) is 0 Å². The average molecular weight is 268 g/mol. The highest BCUT2D eigenvalue weighted by Gasteiger charge is 2.09. The Bertz CT molecular complexity index is 560. The molecular weight excluding hydrogens is 253 g/mol. The lowest BCUT2D eigenvalue weighted by Crippen LogP contribution is -2.09. The van der Waals surface area contributed by atoms with Gasteiger partial charge in [0.1, 0.15) is 0 Å². The smallest absolute Gasteiger partial charge is 0.427 e. The van der Waals surface area contributed by atoms with Crippen molar-refractivity contribution in [3.63, 3.8) is 0 Å². The maximum Gasteiger partial charge on any atom is 0.451 e. The third-order valence-electron chi connectivity index (χ3n) is 3.02. The first-order valence-corrected chi connectivity index (χ1v) is 6.24. The summed E-state index contributed by atoms with van der Waals surface area (Å²) in [4.78, 5) is 4.02. The Morgan fingerprint density at radius 2 is 1.84 bits per heavy atom. The molecule has 0 amide bonds. The molecular formula is C12H15BF2N2O2. The van der Waals surface area contributed by atoms with E-state index in [2.05, 4.69) is 4.98 Å². The van der Waals surface area contributed by atoms with Crippen LogP contribution in [0.4, 0.5) is 8.78 Å². The zero-order valence-corrected chi connectivity index (χ0v) is 10.4. The van der Waals surface area contributed by atoms with Gasteiger partial charge in [0, 0.05) is 18.7 Å². The van der Waals surface area contributed by atoms with Crippen molar-refractivity contribution < 1.29 is 18.8 Å². The molecule has 19 heavy (non-hydrogen) atoms. The zero-order chi connectivity index (χ0) is 13.8. The molecule has 0 radical (unpaired) electrons. The molecule has 7 heteroatoms. The molecule has 0 aliphatic carbocycles. The lowest BCUT2D eigenvalue weighted by atomic mass is 9.83. The summed E-state index contributed by atoms with van der Waals surface area (Å²) in [5.41, 5.74) is 1.01. The van der Waals surface area contributed by atoms with Crippen molar-refractivity contribution in [2.75, 3.05) is 0 Å². The fraction of sp³-hybridized carbons (Fsp3) is 0.417. The predicted octanol–water partition coefficient (Wildman–Crippen LogP) is 1.96. The minimum Gasteiger partial charge on any atom is -0.427 e. The molecule has 0 aliphatic heterocycles. The second kappa shape index (κ2) is 6.12. The molecule has 0 saturated heterocycles. The molecule has 0 spiro atoms. The second-order valence-corrected chi connectivity index (χ2v) is 4.52. The van der Waals surface area contributed by atoms with Crippen LogP contribution in [0.15, 0.2) is 18.5 Å². The van der Waals surface area contributed by atoms with E-state index in [0.717, 1.165) is 25.0 Å². The van der Waals surface area contributed by atoms with E-state index in [0.29, 0.717) is 30.3 Å². The molecule has 102 valence electrons. The van der Waals surface area contributed by atoms with E-state index in [9.17, 15) is 8.78 Å². The lowest BCUT2D eigenvalue weighted by Gasteiger charge is -2.04. The Hall–Kier alpha value is -1.47. The van der Waals surface area contributed by atoms with Crippen LogP contribution in [0, 0.1) is 11.6 Å². The molecule has 1 aromatic carbocycles. The summed E-state index contributed by atoms with van der Waals surface area (Å²) < 4.78 is 28.0. The maximum absolute atomic E-state index is 13.2. The number of halogens is 2. The van der Waals surface area contributed by atoms with E-state index >= 15 is 0 Å². The van der Waals surface area contributed by atoms with Gasteiger partial charge in [-0.05, 0) is 12.7 Å². The van der Waals surface area contributed by atoms with Crippen LogP contribution in [0.1, 0.15) is 19.3 Å². The van der Waals surface area contributed by atoms with E-state index in [1.165, 1.54) is 0 Å². The van der Waals surface area contributed by atoms with E-state index in [1.54, 1.807) is 10.9 Å². The van der Waals surface area contributed by atoms with Crippen molar-refractivity contribution in [1.82, 2.24) is 9.55 Å². The van der Waals surface area contributed by atoms with Gasteiger partial charge in [-0.2, -0.15) is 0 Å². The number of aryl methyl sites for hydroxylation is 1. The quantitative estimate of drug-likeness (QED) is 0.622. The monoisotopic (exact) mass is 268 g/mol. The van der Waals surface area contributed by atoms with Crippen molar-refractivity contribution >= 4 is 18.2 Å². The van der Waals surface area contributed by atoms with Gasteiger partial charge >= 0.3 is 7.12 Å². The van der Waals surface area contributed by atoms with Crippen LogP contribution in [0.5, 0.6) is 0 Å². The van der Waals surface area contributed by atoms with Gasteiger partial charge in [-0.1, -0.05) is 12.8 Å². The fourth-order valence-corrected chi connectivity index (χ4v) is 2.02. The summed E-state index contributed by atoms with van der Waals surface area (Å²) in [5.74, 6) is -1.77. The number of benzene rings is 1. The molecule has 1 heterocycles. The summed E-state index contributed by atoms with van der Waals surface area (Å²) in [6, 6.07) is 2.23. The Labute approximate surface area is 109 Å². The number of imidazole rings is 1. The van der Waals surface area contributed by atoms with E-state index < -0.39 is 18.8 Å². The topological polar surface area (TPSA) is 58.3 Å². The molecule has 0 unspecified atom stereocenters. The minimum atomic E-state index is -1.26.